The first-order valence-electron chi connectivity index (χ1n) is 5.13. The predicted octanol–water partition coefficient (Wildman–Crippen LogP) is -0.551. The minimum Gasteiger partial charge on any atom is -0.381 e. The van der Waals surface area contributed by atoms with E-state index in [9.17, 15) is 28.5 Å². The highest BCUT2D eigenvalue weighted by molar-refractivity contribution is 5.98. The molecule has 0 spiro atoms. The van der Waals surface area contributed by atoms with Crippen molar-refractivity contribution in [3.05, 3.63) is 39.4 Å². The molecule has 0 aromatic heterocycles. The molecule has 0 aliphatic carbocycles. The van der Waals surface area contributed by atoms with E-state index in [0.29, 0.717) is 6.07 Å². The fourth-order valence-corrected chi connectivity index (χ4v) is 1.25. The second kappa shape index (κ2) is 6.02. The molecule has 0 heterocycles. The SMILES string of the molecule is NC(=O)C(O)CNC(=O)c1cc(F)c(F)cc1[N+](=O)[O-]. The van der Waals surface area contributed by atoms with Gasteiger partial charge in [0.05, 0.1) is 17.5 Å². The molecule has 20 heavy (non-hydrogen) atoms. The minimum absolute atomic E-state index is 0.259. The van der Waals surface area contributed by atoms with Crippen LogP contribution in [0.15, 0.2) is 12.1 Å². The summed E-state index contributed by atoms with van der Waals surface area (Å²) >= 11 is 0. The number of nitrogens with one attached hydrogen (secondary N) is 1. The summed E-state index contributed by atoms with van der Waals surface area (Å²) < 4.78 is 25.9. The van der Waals surface area contributed by atoms with Gasteiger partial charge in [-0.2, -0.15) is 0 Å². The van der Waals surface area contributed by atoms with Crippen LogP contribution < -0.4 is 11.1 Å². The van der Waals surface area contributed by atoms with E-state index in [1.54, 1.807) is 0 Å². The number of hydrogen-bond acceptors (Lipinski definition) is 5. The second-order valence-electron chi connectivity index (χ2n) is 3.67. The van der Waals surface area contributed by atoms with Gasteiger partial charge in [0.2, 0.25) is 5.91 Å². The van der Waals surface area contributed by atoms with E-state index < -0.39 is 52.3 Å². The number of aliphatic hydroxyl groups excluding tert-OH is 1. The van der Waals surface area contributed by atoms with Crippen molar-refractivity contribution in [1.82, 2.24) is 5.32 Å². The number of rotatable bonds is 5. The van der Waals surface area contributed by atoms with Crippen molar-refractivity contribution < 1.29 is 28.4 Å². The molecule has 1 atom stereocenters. The van der Waals surface area contributed by atoms with E-state index in [0.717, 1.165) is 0 Å². The van der Waals surface area contributed by atoms with Gasteiger partial charge in [-0.15, -0.1) is 0 Å². The molecule has 1 unspecified atom stereocenters. The van der Waals surface area contributed by atoms with Gasteiger partial charge in [-0.3, -0.25) is 19.7 Å². The molecule has 0 saturated heterocycles. The van der Waals surface area contributed by atoms with Gasteiger partial charge >= 0.3 is 0 Å². The number of carbonyl (C=O) groups excluding carboxylic acids is 2. The summed E-state index contributed by atoms with van der Waals surface area (Å²) in [7, 11) is 0. The Morgan fingerprint density at radius 3 is 2.45 bits per heavy atom. The molecule has 2 amide bonds. The van der Waals surface area contributed by atoms with Crippen LogP contribution in [0.2, 0.25) is 0 Å². The standard InChI is InChI=1S/C10H9F2N3O5/c11-5-1-4(7(15(19)20)2-6(5)12)10(18)14-3-8(16)9(13)17/h1-2,8,16H,3H2,(H2,13,17)(H,14,18). The number of halogens is 2. The molecule has 108 valence electrons. The van der Waals surface area contributed by atoms with Crippen LogP contribution in [-0.2, 0) is 4.79 Å². The van der Waals surface area contributed by atoms with Crippen molar-refractivity contribution in [2.45, 2.75) is 6.10 Å². The van der Waals surface area contributed by atoms with Crippen LogP contribution in [0.25, 0.3) is 0 Å². The van der Waals surface area contributed by atoms with Gasteiger partial charge in [-0.05, 0) is 6.07 Å². The molecule has 4 N–H and O–H groups in total. The molecular formula is C10H9F2N3O5. The topological polar surface area (TPSA) is 136 Å². The van der Waals surface area contributed by atoms with E-state index in [1.165, 1.54) is 0 Å². The highest BCUT2D eigenvalue weighted by Crippen LogP contribution is 2.22. The summed E-state index contributed by atoms with van der Waals surface area (Å²) in [6.07, 6.45) is -1.71. The maximum absolute atomic E-state index is 13.0. The zero-order chi connectivity index (χ0) is 15.4. The quantitative estimate of drug-likeness (QED) is 0.493. The van der Waals surface area contributed by atoms with Crippen molar-refractivity contribution in [2.75, 3.05) is 6.54 Å². The number of nitrogens with two attached hydrogens (primary N) is 1. The smallest absolute Gasteiger partial charge is 0.285 e. The number of carbonyl (C=O) groups is 2. The van der Waals surface area contributed by atoms with Crippen LogP contribution in [0.4, 0.5) is 14.5 Å². The van der Waals surface area contributed by atoms with Crippen LogP contribution in [0.1, 0.15) is 10.4 Å². The fraction of sp³-hybridized carbons (Fsp3) is 0.200. The lowest BCUT2D eigenvalue weighted by atomic mass is 10.1. The van der Waals surface area contributed by atoms with Crippen LogP contribution in [0, 0.1) is 21.7 Å². The van der Waals surface area contributed by atoms with Gasteiger partial charge in [0.1, 0.15) is 11.7 Å². The molecule has 8 nitrogen and oxygen atoms in total. The number of nitro groups is 1. The average Bonchev–Trinajstić information content (AvgIpc) is 2.37. The van der Waals surface area contributed by atoms with Crippen LogP contribution in [0.3, 0.4) is 0 Å². The van der Waals surface area contributed by atoms with Crippen molar-refractivity contribution in [3.8, 4) is 0 Å². The fourth-order valence-electron chi connectivity index (χ4n) is 1.25. The Morgan fingerprint density at radius 2 is 1.95 bits per heavy atom. The first-order chi connectivity index (χ1) is 9.23. The van der Waals surface area contributed by atoms with Crippen molar-refractivity contribution in [3.63, 3.8) is 0 Å². The molecule has 10 heteroatoms. The largest absolute Gasteiger partial charge is 0.381 e. The molecule has 1 aromatic carbocycles. The van der Waals surface area contributed by atoms with Crippen molar-refractivity contribution in [2.24, 2.45) is 5.73 Å². The third kappa shape index (κ3) is 3.45. The number of amides is 2. The first-order valence-corrected chi connectivity index (χ1v) is 5.13. The maximum atomic E-state index is 13.0. The highest BCUT2D eigenvalue weighted by atomic mass is 19.2. The molecular weight excluding hydrogens is 280 g/mol. The highest BCUT2D eigenvalue weighted by Gasteiger charge is 2.24. The van der Waals surface area contributed by atoms with Gasteiger partial charge in [0, 0.05) is 0 Å². The summed E-state index contributed by atoms with van der Waals surface area (Å²) in [5, 5.41) is 21.6. The third-order valence-corrected chi connectivity index (χ3v) is 2.26. The lowest BCUT2D eigenvalue weighted by Gasteiger charge is -2.09. The minimum atomic E-state index is -1.71. The molecule has 0 radical (unpaired) electrons. The number of nitrogens with zero attached hydrogens (tertiary/aromatic N) is 1. The lowest BCUT2D eigenvalue weighted by molar-refractivity contribution is -0.385. The van der Waals surface area contributed by atoms with E-state index in [-0.39, 0.29) is 6.07 Å². The molecule has 0 bridgehead atoms. The van der Waals surface area contributed by atoms with E-state index in [1.807, 2.05) is 5.32 Å². The molecule has 0 saturated carbocycles. The zero-order valence-corrected chi connectivity index (χ0v) is 9.80. The summed E-state index contributed by atoms with van der Waals surface area (Å²) in [4.78, 5) is 31.7. The average molecular weight is 289 g/mol. The first kappa shape index (κ1) is 15.4. The Kier molecular flexibility index (Phi) is 4.64. The normalized spacial score (nSPS) is 11.8. The van der Waals surface area contributed by atoms with Gasteiger partial charge in [-0.1, -0.05) is 0 Å². The molecule has 1 rings (SSSR count). The van der Waals surface area contributed by atoms with Crippen molar-refractivity contribution >= 4 is 17.5 Å². The van der Waals surface area contributed by atoms with Crippen LogP contribution in [-0.4, -0.2) is 34.5 Å². The number of nitro benzene ring substituents is 1. The maximum Gasteiger partial charge on any atom is 0.285 e. The Morgan fingerprint density at radius 1 is 1.40 bits per heavy atom. The number of primary amides is 1. The number of benzene rings is 1. The van der Waals surface area contributed by atoms with E-state index in [4.69, 9.17) is 10.8 Å². The zero-order valence-electron chi connectivity index (χ0n) is 9.80. The Bertz CT molecular complexity index is 578. The van der Waals surface area contributed by atoms with Gasteiger partial charge < -0.3 is 16.2 Å². The second-order valence-corrected chi connectivity index (χ2v) is 3.67. The number of aliphatic hydroxyl groups is 1. The monoisotopic (exact) mass is 289 g/mol. The van der Waals surface area contributed by atoms with Crippen LogP contribution in [0.5, 0.6) is 0 Å². The van der Waals surface area contributed by atoms with Crippen molar-refractivity contribution in [1.29, 1.82) is 0 Å². The summed E-state index contributed by atoms with van der Waals surface area (Å²) in [5.41, 5.74) is 3.03. The summed E-state index contributed by atoms with van der Waals surface area (Å²) in [6, 6.07) is 0.605. The molecule has 1 aromatic rings. The molecule has 0 aliphatic rings. The van der Waals surface area contributed by atoms with Crippen LogP contribution >= 0.6 is 0 Å². The van der Waals surface area contributed by atoms with Gasteiger partial charge in [0.25, 0.3) is 11.6 Å². The summed E-state index contributed by atoms with van der Waals surface area (Å²) in [5.74, 6) is -5.21. The lowest BCUT2D eigenvalue weighted by Crippen LogP contribution is -2.40. The molecule has 0 aliphatic heterocycles. The van der Waals surface area contributed by atoms with Gasteiger partial charge in [-0.25, -0.2) is 8.78 Å². The summed E-state index contributed by atoms with van der Waals surface area (Å²) in [6.45, 7) is -0.621. The van der Waals surface area contributed by atoms with E-state index >= 15 is 0 Å². The van der Waals surface area contributed by atoms with Gasteiger partial charge in [0.15, 0.2) is 11.6 Å². The Labute approximate surface area is 110 Å². The Balaban J connectivity index is 3.00. The van der Waals surface area contributed by atoms with E-state index in [2.05, 4.69) is 0 Å². The predicted molar refractivity (Wildman–Crippen MR) is 60.5 cm³/mol. The Hall–Kier alpha value is -2.62. The molecule has 0 fully saturated rings. The number of hydrogen-bond donors (Lipinski definition) is 3. The third-order valence-electron chi connectivity index (χ3n) is 2.26.